The van der Waals surface area contributed by atoms with Crippen molar-refractivity contribution in [2.45, 2.75) is 32.4 Å². The number of nitrogens with zero attached hydrogens (tertiary/aromatic N) is 3. The first-order valence-electron chi connectivity index (χ1n) is 12.4. The number of nitrogens with one attached hydrogen (secondary N) is 2. The highest BCUT2D eigenvalue weighted by molar-refractivity contribution is 5.99. The first kappa shape index (κ1) is 27.4. The predicted octanol–water partition coefficient (Wildman–Crippen LogP) is 3.15. The lowest BCUT2D eigenvalue weighted by Gasteiger charge is -2.16. The van der Waals surface area contributed by atoms with Crippen molar-refractivity contribution in [1.82, 2.24) is 25.2 Å². The third-order valence-corrected chi connectivity index (χ3v) is 6.95. The van der Waals surface area contributed by atoms with Gasteiger partial charge in [-0.15, -0.1) is 0 Å². The standard InChI is InChI=1S/C28H23F2N5O6/c1-13-15-6-8-20(17(15)5-4-16(13)27(38)39)33-26(37)23-10-21(32-24-11-22(28(40)41-2)34-35(23)24)25(36)31-12-14-3-7-18(29)19(30)9-14/h3-5,7,9-11,20H,6,8,12H2,1-2H3,(H,31,36)(H,33,37)(H,38,39)/t20-/m0/s1. The van der Waals surface area contributed by atoms with Crippen LogP contribution in [0.2, 0.25) is 0 Å². The Morgan fingerprint density at radius 2 is 1.83 bits per heavy atom. The molecule has 2 aromatic heterocycles. The van der Waals surface area contributed by atoms with Gasteiger partial charge in [0.25, 0.3) is 11.8 Å². The van der Waals surface area contributed by atoms with E-state index >= 15 is 0 Å². The zero-order valence-electron chi connectivity index (χ0n) is 21.8. The van der Waals surface area contributed by atoms with Crippen LogP contribution in [0.5, 0.6) is 0 Å². The Balaban J connectivity index is 1.46. The molecule has 2 amide bonds. The summed E-state index contributed by atoms with van der Waals surface area (Å²) in [7, 11) is 1.17. The van der Waals surface area contributed by atoms with E-state index in [1.807, 2.05) is 0 Å². The number of carboxylic acids is 1. The van der Waals surface area contributed by atoms with Crippen molar-refractivity contribution in [2.24, 2.45) is 0 Å². The third kappa shape index (κ3) is 5.21. The number of aromatic nitrogens is 3. The molecule has 0 radical (unpaired) electrons. The summed E-state index contributed by atoms with van der Waals surface area (Å²) in [5.74, 6) is -5.23. The van der Waals surface area contributed by atoms with E-state index in [4.69, 9.17) is 4.74 Å². The van der Waals surface area contributed by atoms with E-state index in [9.17, 15) is 33.1 Å². The Morgan fingerprint density at radius 1 is 1.05 bits per heavy atom. The number of esters is 1. The van der Waals surface area contributed by atoms with Gasteiger partial charge < -0.3 is 20.5 Å². The van der Waals surface area contributed by atoms with E-state index in [2.05, 4.69) is 20.7 Å². The number of amides is 2. The second-order valence-electron chi connectivity index (χ2n) is 9.42. The molecule has 1 aliphatic rings. The number of hydrogen-bond donors (Lipinski definition) is 3. The molecule has 1 aliphatic carbocycles. The first-order chi connectivity index (χ1) is 19.6. The monoisotopic (exact) mass is 563 g/mol. The predicted molar refractivity (Wildman–Crippen MR) is 139 cm³/mol. The maximum Gasteiger partial charge on any atom is 0.358 e. The number of methoxy groups -OCH3 is 1. The van der Waals surface area contributed by atoms with Gasteiger partial charge in [0.2, 0.25) is 0 Å². The van der Waals surface area contributed by atoms with Crippen molar-refractivity contribution in [3.05, 3.63) is 99.0 Å². The van der Waals surface area contributed by atoms with Crippen molar-refractivity contribution >= 4 is 29.4 Å². The Hall–Kier alpha value is -5.20. The van der Waals surface area contributed by atoms with Crippen LogP contribution in [0.3, 0.4) is 0 Å². The smallest absolute Gasteiger partial charge is 0.358 e. The fraction of sp³-hybridized carbons (Fsp3) is 0.214. The van der Waals surface area contributed by atoms with Crippen LogP contribution in [0, 0.1) is 18.6 Å². The summed E-state index contributed by atoms with van der Waals surface area (Å²) in [6, 6.07) is 8.39. The van der Waals surface area contributed by atoms with Gasteiger partial charge in [0.1, 0.15) is 11.4 Å². The normalized spacial score (nSPS) is 14.0. The van der Waals surface area contributed by atoms with E-state index in [1.54, 1.807) is 13.0 Å². The van der Waals surface area contributed by atoms with Crippen LogP contribution in [0.4, 0.5) is 8.78 Å². The van der Waals surface area contributed by atoms with E-state index in [1.165, 1.54) is 31.4 Å². The molecule has 2 aromatic carbocycles. The molecule has 1 atom stereocenters. The maximum atomic E-state index is 13.6. The van der Waals surface area contributed by atoms with Crippen LogP contribution in [-0.2, 0) is 17.7 Å². The van der Waals surface area contributed by atoms with Gasteiger partial charge in [0.15, 0.2) is 23.0 Å². The largest absolute Gasteiger partial charge is 0.478 e. The third-order valence-electron chi connectivity index (χ3n) is 6.95. The fourth-order valence-electron chi connectivity index (χ4n) is 4.87. The van der Waals surface area contributed by atoms with Crippen LogP contribution in [0.25, 0.3) is 5.65 Å². The van der Waals surface area contributed by atoms with Crippen molar-refractivity contribution in [3.8, 4) is 0 Å². The number of halogens is 2. The quantitative estimate of drug-likeness (QED) is 0.290. The fourth-order valence-corrected chi connectivity index (χ4v) is 4.87. The van der Waals surface area contributed by atoms with Crippen LogP contribution in [0.15, 0.2) is 42.5 Å². The number of benzene rings is 2. The van der Waals surface area contributed by atoms with Crippen molar-refractivity contribution < 1.29 is 37.8 Å². The minimum absolute atomic E-state index is 0.0183. The van der Waals surface area contributed by atoms with Crippen molar-refractivity contribution in [3.63, 3.8) is 0 Å². The summed E-state index contributed by atoms with van der Waals surface area (Å²) < 4.78 is 32.6. The molecule has 0 bridgehead atoms. The second kappa shape index (κ2) is 10.8. The molecule has 0 saturated heterocycles. The SMILES string of the molecule is COC(=O)c1cc2nc(C(=O)NCc3ccc(F)c(F)c3)cc(C(=O)N[C@H]3CCc4c3ccc(C(=O)O)c4C)n2n1. The molecule has 0 saturated carbocycles. The zero-order valence-corrected chi connectivity index (χ0v) is 21.8. The lowest BCUT2D eigenvalue weighted by Crippen LogP contribution is -2.30. The summed E-state index contributed by atoms with van der Waals surface area (Å²) in [5.41, 5.74) is 2.35. The molecule has 4 aromatic rings. The number of carboxylic acid groups (broad SMARTS) is 1. The number of rotatable bonds is 7. The van der Waals surface area contributed by atoms with E-state index in [0.29, 0.717) is 24.0 Å². The molecule has 2 heterocycles. The van der Waals surface area contributed by atoms with Crippen molar-refractivity contribution in [2.75, 3.05) is 7.11 Å². The minimum atomic E-state index is -1.06. The molecule has 0 fully saturated rings. The molecule has 11 nitrogen and oxygen atoms in total. The molecule has 0 spiro atoms. The summed E-state index contributed by atoms with van der Waals surface area (Å²) in [4.78, 5) is 54.4. The van der Waals surface area contributed by atoms with Gasteiger partial charge in [0, 0.05) is 18.7 Å². The average Bonchev–Trinajstić information content (AvgIpc) is 3.57. The lowest BCUT2D eigenvalue weighted by molar-refractivity contribution is 0.0592. The van der Waals surface area contributed by atoms with Gasteiger partial charge in [0.05, 0.1) is 18.7 Å². The minimum Gasteiger partial charge on any atom is -0.478 e. The summed E-state index contributed by atoms with van der Waals surface area (Å²) in [6.07, 6.45) is 1.08. The van der Waals surface area contributed by atoms with Crippen LogP contribution < -0.4 is 10.6 Å². The van der Waals surface area contributed by atoms with Crippen LogP contribution in [-0.4, -0.2) is 50.6 Å². The van der Waals surface area contributed by atoms with E-state index in [0.717, 1.165) is 27.8 Å². The van der Waals surface area contributed by atoms with Gasteiger partial charge in [-0.3, -0.25) is 9.59 Å². The highest BCUT2D eigenvalue weighted by Crippen LogP contribution is 2.35. The second-order valence-corrected chi connectivity index (χ2v) is 9.42. The number of carbonyl (C=O) groups excluding carboxylic acids is 3. The van der Waals surface area contributed by atoms with Crippen LogP contribution >= 0.6 is 0 Å². The van der Waals surface area contributed by atoms with Gasteiger partial charge in [-0.1, -0.05) is 12.1 Å². The Kier molecular flexibility index (Phi) is 7.18. The number of aromatic carboxylic acids is 1. The average molecular weight is 564 g/mol. The van der Waals surface area contributed by atoms with E-state index in [-0.39, 0.29) is 34.8 Å². The summed E-state index contributed by atoms with van der Waals surface area (Å²) in [5, 5.41) is 19.0. The number of carbonyl (C=O) groups is 4. The molecule has 0 unspecified atom stereocenters. The highest BCUT2D eigenvalue weighted by Gasteiger charge is 2.29. The summed E-state index contributed by atoms with van der Waals surface area (Å²) >= 11 is 0. The molecular formula is C28H23F2N5O6. The number of fused-ring (bicyclic) bond motifs is 2. The highest BCUT2D eigenvalue weighted by atomic mass is 19.2. The first-order valence-corrected chi connectivity index (χ1v) is 12.4. The number of ether oxygens (including phenoxy) is 1. The van der Waals surface area contributed by atoms with Crippen LogP contribution in [0.1, 0.15) is 76.5 Å². The van der Waals surface area contributed by atoms with Gasteiger partial charge in [-0.05, 0) is 60.2 Å². The molecule has 41 heavy (non-hydrogen) atoms. The summed E-state index contributed by atoms with van der Waals surface area (Å²) in [6.45, 7) is 1.58. The molecular weight excluding hydrogens is 540 g/mol. The molecule has 3 N–H and O–H groups in total. The van der Waals surface area contributed by atoms with Crippen molar-refractivity contribution in [1.29, 1.82) is 0 Å². The molecule has 13 heteroatoms. The topological polar surface area (TPSA) is 152 Å². The Morgan fingerprint density at radius 3 is 2.54 bits per heavy atom. The Labute approximate surface area is 231 Å². The molecule has 5 rings (SSSR count). The lowest BCUT2D eigenvalue weighted by atomic mass is 9.98. The molecule has 0 aliphatic heterocycles. The Bertz CT molecular complexity index is 1750. The van der Waals surface area contributed by atoms with Gasteiger partial charge in [-0.2, -0.15) is 5.10 Å². The van der Waals surface area contributed by atoms with Gasteiger partial charge in [-0.25, -0.2) is 27.9 Å². The maximum absolute atomic E-state index is 13.6. The molecule has 210 valence electrons. The zero-order chi connectivity index (χ0) is 29.4. The number of hydrogen-bond acceptors (Lipinski definition) is 7. The van der Waals surface area contributed by atoms with Gasteiger partial charge >= 0.3 is 11.9 Å². The van der Waals surface area contributed by atoms with E-state index < -0.39 is 41.4 Å².